The van der Waals surface area contributed by atoms with E-state index in [4.69, 9.17) is 10.5 Å². The average Bonchev–Trinajstić information content (AvgIpc) is 2.87. The number of benzene rings is 1. The fourth-order valence-corrected chi connectivity index (χ4v) is 2.44. The van der Waals surface area contributed by atoms with E-state index >= 15 is 0 Å². The van der Waals surface area contributed by atoms with Gasteiger partial charge in [-0.1, -0.05) is 12.1 Å². The molecule has 1 atom stereocenters. The molecule has 0 aromatic heterocycles. The fraction of sp³-hybridized carbons (Fsp3) is 0.429. The van der Waals surface area contributed by atoms with Gasteiger partial charge in [0.2, 0.25) is 0 Å². The molecule has 1 amide bonds. The molecule has 2 N–H and O–H groups in total. The average molecular weight is 262 g/mol. The molecule has 0 bridgehead atoms. The van der Waals surface area contributed by atoms with E-state index in [0.29, 0.717) is 30.8 Å². The minimum absolute atomic E-state index is 0.109. The van der Waals surface area contributed by atoms with Crippen LogP contribution < -0.4 is 5.73 Å². The normalized spacial score (nSPS) is 18.4. The number of rotatable bonds is 2. The zero-order chi connectivity index (χ0) is 14.0. The molecular formula is C14H18N2O3. The van der Waals surface area contributed by atoms with Crippen LogP contribution in [0.15, 0.2) is 18.2 Å². The largest absolute Gasteiger partial charge is 0.469 e. The SMILES string of the molecule is COC(=O)C1CCN(C(=O)c2c(C)cccc2N)C1. The van der Waals surface area contributed by atoms with Gasteiger partial charge in [-0.3, -0.25) is 9.59 Å². The number of likely N-dealkylation sites (tertiary alicyclic amines) is 1. The standard InChI is InChI=1S/C14H18N2O3/c1-9-4-3-5-11(15)12(9)13(17)16-7-6-10(8-16)14(18)19-2/h3-5,10H,6-8,15H2,1-2H3. The molecule has 1 heterocycles. The van der Waals surface area contributed by atoms with Crippen LogP contribution in [0.2, 0.25) is 0 Å². The molecule has 0 spiro atoms. The predicted molar refractivity (Wildman–Crippen MR) is 71.6 cm³/mol. The number of anilines is 1. The minimum Gasteiger partial charge on any atom is -0.469 e. The number of aryl methyl sites for hydroxylation is 1. The van der Waals surface area contributed by atoms with Gasteiger partial charge in [-0.15, -0.1) is 0 Å². The van der Waals surface area contributed by atoms with Crippen molar-refractivity contribution in [1.29, 1.82) is 0 Å². The summed E-state index contributed by atoms with van der Waals surface area (Å²) in [6, 6.07) is 5.40. The van der Waals surface area contributed by atoms with E-state index in [9.17, 15) is 9.59 Å². The molecule has 1 aliphatic rings. The second kappa shape index (κ2) is 5.30. The summed E-state index contributed by atoms with van der Waals surface area (Å²) >= 11 is 0. The van der Waals surface area contributed by atoms with Crippen molar-refractivity contribution in [3.63, 3.8) is 0 Å². The number of ether oxygens (including phenoxy) is 1. The van der Waals surface area contributed by atoms with Gasteiger partial charge >= 0.3 is 5.97 Å². The van der Waals surface area contributed by atoms with Gasteiger partial charge in [0, 0.05) is 18.8 Å². The number of amides is 1. The number of carbonyl (C=O) groups excluding carboxylic acids is 2. The van der Waals surface area contributed by atoms with Crippen molar-refractivity contribution in [3.05, 3.63) is 29.3 Å². The van der Waals surface area contributed by atoms with Crippen molar-refractivity contribution < 1.29 is 14.3 Å². The molecule has 1 aromatic carbocycles. The van der Waals surface area contributed by atoms with Crippen LogP contribution in [-0.4, -0.2) is 37.0 Å². The van der Waals surface area contributed by atoms with Crippen LogP contribution in [-0.2, 0) is 9.53 Å². The summed E-state index contributed by atoms with van der Waals surface area (Å²) in [5.74, 6) is -0.589. The number of nitrogens with two attached hydrogens (primary N) is 1. The lowest BCUT2D eigenvalue weighted by Crippen LogP contribution is -2.31. The summed E-state index contributed by atoms with van der Waals surface area (Å²) in [6.45, 7) is 2.82. The molecule has 5 heteroatoms. The summed E-state index contributed by atoms with van der Waals surface area (Å²) in [7, 11) is 1.37. The molecule has 0 saturated carbocycles. The predicted octanol–water partition coefficient (Wildman–Crippen LogP) is 1.21. The zero-order valence-corrected chi connectivity index (χ0v) is 11.2. The molecule has 1 aliphatic heterocycles. The Balaban J connectivity index is 2.16. The topological polar surface area (TPSA) is 72.6 Å². The van der Waals surface area contributed by atoms with Gasteiger partial charge < -0.3 is 15.4 Å². The molecule has 1 unspecified atom stereocenters. The van der Waals surface area contributed by atoms with Gasteiger partial charge in [-0.2, -0.15) is 0 Å². The van der Waals surface area contributed by atoms with Crippen LogP contribution in [0, 0.1) is 12.8 Å². The van der Waals surface area contributed by atoms with Crippen LogP contribution in [0.5, 0.6) is 0 Å². The lowest BCUT2D eigenvalue weighted by molar-refractivity contribution is -0.144. The Morgan fingerprint density at radius 3 is 2.79 bits per heavy atom. The van der Waals surface area contributed by atoms with E-state index in [0.717, 1.165) is 5.56 Å². The Morgan fingerprint density at radius 1 is 1.42 bits per heavy atom. The monoisotopic (exact) mass is 262 g/mol. The summed E-state index contributed by atoms with van der Waals surface area (Å²) < 4.78 is 4.71. The van der Waals surface area contributed by atoms with Gasteiger partial charge in [0.15, 0.2) is 0 Å². The number of carbonyl (C=O) groups is 2. The lowest BCUT2D eigenvalue weighted by Gasteiger charge is -2.18. The van der Waals surface area contributed by atoms with Gasteiger partial charge in [-0.05, 0) is 25.0 Å². The quantitative estimate of drug-likeness (QED) is 0.642. The Hall–Kier alpha value is -2.04. The lowest BCUT2D eigenvalue weighted by atomic mass is 10.1. The Morgan fingerprint density at radius 2 is 2.16 bits per heavy atom. The van der Waals surface area contributed by atoms with Gasteiger partial charge in [0.25, 0.3) is 5.91 Å². The van der Waals surface area contributed by atoms with Crippen molar-refractivity contribution in [2.45, 2.75) is 13.3 Å². The summed E-state index contributed by atoms with van der Waals surface area (Å²) in [5.41, 5.74) is 7.74. The van der Waals surface area contributed by atoms with Gasteiger partial charge in [0.05, 0.1) is 18.6 Å². The summed E-state index contributed by atoms with van der Waals surface area (Å²) in [5, 5.41) is 0. The number of nitrogens with zero attached hydrogens (tertiary/aromatic N) is 1. The van der Waals surface area contributed by atoms with E-state index < -0.39 is 0 Å². The van der Waals surface area contributed by atoms with E-state index in [1.807, 2.05) is 19.1 Å². The highest BCUT2D eigenvalue weighted by Gasteiger charge is 2.33. The highest BCUT2D eigenvalue weighted by Crippen LogP contribution is 2.24. The maximum Gasteiger partial charge on any atom is 0.310 e. The third-order valence-corrected chi connectivity index (χ3v) is 3.53. The van der Waals surface area contributed by atoms with Crippen LogP contribution in [0.4, 0.5) is 5.69 Å². The Kier molecular flexibility index (Phi) is 3.74. The maximum atomic E-state index is 12.4. The molecule has 0 radical (unpaired) electrons. The van der Waals surface area contributed by atoms with E-state index in [1.165, 1.54) is 7.11 Å². The second-order valence-electron chi connectivity index (χ2n) is 4.80. The molecular weight excluding hydrogens is 244 g/mol. The van der Waals surface area contributed by atoms with E-state index in [1.54, 1.807) is 11.0 Å². The molecule has 1 saturated heterocycles. The number of hydrogen-bond acceptors (Lipinski definition) is 4. The summed E-state index contributed by atoms with van der Waals surface area (Å²) in [6.07, 6.45) is 0.643. The first-order valence-electron chi connectivity index (χ1n) is 6.26. The van der Waals surface area contributed by atoms with Crippen LogP contribution in [0.3, 0.4) is 0 Å². The third kappa shape index (κ3) is 2.54. The molecule has 0 aliphatic carbocycles. The van der Waals surface area contributed by atoms with Crippen molar-refractivity contribution in [2.75, 3.05) is 25.9 Å². The van der Waals surface area contributed by atoms with Crippen molar-refractivity contribution in [2.24, 2.45) is 5.92 Å². The van der Waals surface area contributed by atoms with Crippen molar-refractivity contribution >= 4 is 17.6 Å². The Labute approximate surface area is 112 Å². The van der Waals surface area contributed by atoms with E-state index in [2.05, 4.69) is 0 Å². The molecule has 1 aromatic rings. The highest BCUT2D eigenvalue weighted by molar-refractivity contribution is 6.01. The number of methoxy groups -OCH3 is 1. The fourth-order valence-electron chi connectivity index (χ4n) is 2.44. The third-order valence-electron chi connectivity index (χ3n) is 3.53. The molecule has 2 rings (SSSR count). The van der Waals surface area contributed by atoms with Crippen LogP contribution in [0.25, 0.3) is 0 Å². The first-order valence-corrected chi connectivity index (χ1v) is 6.26. The van der Waals surface area contributed by atoms with Crippen molar-refractivity contribution in [3.8, 4) is 0 Å². The number of hydrogen-bond donors (Lipinski definition) is 1. The van der Waals surface area contributed by atoms with E-state index in [-0.39, 0.29) is 17.8 Å². The molecule has 19 heavy (non-hydrogen) atoms. The second-order valence-corrected chi connectivity index (χ2v) is 4.80. The van der Waals surface area contributed by atoms with Crippen molar-refractivity contribution in [1.82, 2.24) is 4.90 Å². The molecule has 102 valence electrons. The Bertz CT molecular complexity index is 493. The number of nitrogen functional groups attached to an aromatic ring is 1. The highest BCUT2D eigenvalue weighted by atomic mass is 16.5. The maximum absolute atomic E-state index is 12.4. The molecule has 5 nitrogen and oxygen atoms in total. The van der Waals surface area contributed by atoms with Crippen LogP contribution >= 0.6 is 0 Å². The smallest absolute Gasteiger partial charge is 0.310 e. The first-order chi connectivity index (χ1) is 9.04. The van der Waals surface area contributed by atoms with Crippen LogP contribution in [0.1, 0.15) is 22.3 Å². The summed E-state index contributed by atoms with van der Waals surface area (Å²) in [4.78, 5) is 25.6. The zero-order valence-electron chi connectivity index (χ0n) is 11.2. The minimum atomic E-state index is -0.256. The number of esters is 1. The first kappa shape index (κ1) is 13.4. The molecule has 1 fully saturated rings. The van der Waals surface area contributed by atoms with Gasteiger partial charge in [-0.25, -0.2) is 0 Å². The van der Waals surface area contributed by atoms with Gasteiger partial charge in [0.1, 0.15) is 0 Å².